The molecule has 1 aromatic heterocycles. The number of carbonyl (C=O) groups is 1. The zero-order valence-corrected chi connectivity index (χ0v) is 14.0. The van der Waals surface area contributed by atoms with Crippen LogP contribution in [0.5, 0.6) is 0 Å². The molecular formula is C19H20N2O4. The van der Waals surface area contributed by atoms with Crippen LogP contribution in [-0.4, -0.2) is 10.8 Å². The Balaban J connectivity index is 1.61. The van der Waals surface area contributed by atoms with Crippen LogP contribution in [0.15, 0.2) is 40.8 Å². The molecule has 1 N–H and O–H groups in total. The molecule has 0 radical (unpaired) electrons. The van der Waals surface area contributed by atoms with Crippen molar-refractivity contribution in [2.24, 2.45) is 0 Å². The lowest BCUT2D eigenvalue weighted by Gasteiger charge is -2.19. The fourth-order valence-electron chi connectivity index (χ4n) is 3.06. The molecule has 0 saturated heterocycles. The van der Waals surface area contributed by atoms with Gasteiger partial charge in [0.05, 0.1) is 12.1 Å². The summed E-state index contributed by atoms with van der Waals surface area (Å²) < 4.78 is 4.98. The van der Waals surface area contributed by atoms with E-state index in [4.69, 9.17) is 4.42 Å². The summed E-state index contributed by atoms with van der Waals surface area (Å²) in [6.45, 7) is 1.94. The number of rotatable bonds is 5. The Morgan fingerprint density at radius 1 is 1.24 bits per heavy atom. The van der Waals surface area contributed by atoms with Gasteiger partial charge in [-0.2, -0.15) is 0 Å². The number of nitro groups is 1. The van der Waals surface area contributed by atoms with E-state index in [-0.39, 0.29) is 23.6 Å². The van der Waals surface area contributed by atoms with Crippen LogP contribution in [0.1, 0.15) is 48.3 Å². The third-order valence-corrected chi connectivity index (χ3v) is 4.42. The highest BCUT2D eigenvalue weighted by Gasteiger charge is 2.14. The summed E-state index contributed by atoms with van der Waals surface area (Å²) in [5, 5.41) is 13.5. The molecule has 0 unspecified atom stereocenters. The average molecular weight is 340 g/mol. The van der Waals surface area contributed by atoms with Crippen LogP contribution < -0.4 is 5.32 Å². The molecular weight excluding hydrogens is 320 g/mol. The third kappa shape index (κ3) is 4.15. The van der Waals surface area contributed by atoms with Crippen molar-refractivity contribution in [1.82, 2.24) is 5.32 Å². The van der Waals surface area contributed by atoms with E-state index in [1.807, 2.05) is 6.92 Å². The van der Waals surface area contributed by atoms with Gasteiger partial charge in [0.25, 0.3) is 0 Å². The number of nitrogens with one attached hydrogen (secondary N) is 1. The molecule has 0 spiro atoms. The van der Waals surface area contributed by atoms with Crippen molar-refractivity contribution in [2.75, 3.05) is 0 Å². The molecule has 1 heterocycles. The minimum atomic E-state index is -0.616. The van der Waals surface area contributed by atoms with Gasteiger partial charge < -0.3 is 9.73 Å². The molecule has 6 heteroatoms. The number of benzene rings is 1. The number of amides is 1. The Labute approximate surface area is 145 Å². The molecule has 0 fully saturated rings. The number of hydrogen-bond acceptors (Lipinski definition) is 4. The standard InChI is InChI=1S/C19H20N2O4/c1-13(15-7-6-14-4-2-3-5-16(14)12-15)20-18(22)10-8-17-9-11-19(25-17)21(23)24/h6-13H,2-5H2,1H3,(H,20,22)/b10-8+/t13-/m0/s1. The zero-order chi connectivity index (χ0) is 17.8. The van der Waals surface area contributed by atoms with E-state index in [1.54, 1.807) is 0 Å². The number of carbonyl (C=O) groups excluding carboxylic acids is 1. The lowest BCUT2D eigenvalue weighted by molar-refractivity contribution is -0.402. The maximum absolute atomic E-state index is 12.1. The first-order valence-corrected chi connectivity index (χ1v) is 8.37. The van der Waals surface area contributed by atoms with Crippen molar-refractivity contribution in [3.63, 3.8) is 0 Å². The Bertz CT molecular complexity index is 823. The van der Waals surface area contributed by atoms with Crippen LogP contribution in [-0.2, 0) is 17.6 Å². The van der Waals surface area contributed by atoms with Gasteiger partial charge in [-0.15, -0.1) is 0 Å². The Morgan fingerprint density at radius 2 is 2.00 bits per heavy atom. The molecule has 0 saturated carbocycles. The SMILES string of the molecule is C[C@H](NC(=O)/C=C/c1ccc([N+](=O)[O-])o1)c1ccc2c(c1)CCCC2. The summed E-state index contributed by atoms with van der Waals surface area (Å²) in [5.41, 5.74) is 3.87. The third-order valence-electron chi connectivity index (χ3n) is 4.42. The minimum Gasteiger partial charge on any atom is -0.401 e. The highest BCUT2D eigenvalue weighted by Crippen LogP contribution is 2.24. The predicted molar refractivity (Wildman–Crippen MR) is 94.0 cm³/mol. The molecule has 1 amide bonds. The van der Waals surface area contributed by atoms with Crippen molar-refractivity contribution in [3.8, 4) is 0 Å². The van der Waals surface area contributed by atoms with Gasteiger partial charge >= 0.3 is 5.88 Å². The number of nitrogens with zero attached hydrogens (tertiary/aromatic N) is 1. The van der Waals surface area contributed by atoms with Crippen LogP contribution in [0, 0.1) is 10.1 Å². The topological polar surface area (TPSA) is 85.4 Å². The van der Waals surface area contributed by atoms with Crippen LogP contribution in [0.2, 0.25) is 0 Å². The minimum absolute atomic E-state index is 0.115. The number of fused-ring (bicyclic) bond motifs is 1. The summed E-state index contributed by atoms with van der Waals surface area (Å²) in [6.07, 6.45) is 7.43. The average Bonchev–Trinajstić information content (AvgIpc) is 3.09. The summed E-state index contributed by atoms with van der Waals surface area (Å²) in [4.78, 5) is 22.0. The molecule has 25 heavy (non-hydrogen) atoms. The van der Waals surface area contributed by atoms with Gasteiger partial charge in [0.15, 0.2) is 0 Å². The van der Waals surface area contributed by atoms with E-state index in [0.29, 0.717) is 0 Å². The molecule has 2 aromatic rings. The van der Waals surface area contributed by atoms with Gasteiger partial charge in [-0.25, -0.2) is 0 Å². The maximum atomic E-state index is 12.1. The number of aryl methyl sites for hydroxylation is 2. The van der Waals surface area contributed by atoms with Crippen LogP contribution >= 0.6 is 0 Å². The largest absolute Gasteiger partial charge is 0.433 e. The van der Waals surface area contributed by atoms with E-state index < -0.39 is 4.92 Å². The van der Waals surface area contributed by atoms with Crippen molar-refractivity contribution in [3.05, 3.63) is 69.0 Å². The van der Waals surface area contributed by atoms with E-state index in [9.17, 15) is 14.9 Å². The first-order chi connectivity index (χ1) is 12.0. The Kier molecular flexibility index (Phi) is 4.97. The van der Waals surface area contributed by atoms with E-state index in [0.717, 1.165) is 18.4 Å². The van der Waals surface area contributed by atoms with Crippen molar-refractivity contribution in [2.45, 2.75) is 38.6 Å². The molecule has 0 bridgehead atoms. The zero-order valence-electron chi connectivity index (χ0n) is 14.0. The molecule has 6 nitrogen and oxygen atoms in total. The maximum Gasteiger partial charge on any atom is 0.433 e. The lowest BCUT2D eigenvalue weighted by Crippen LogP contribution is -2.24. The smallest absolute Gasteiger partial charge is 0.401 e. The van der Waals surface area contributed by atoms with E-state index >= 15 is 0 Å². The van der Waals surface area contributed by atoms with Gasteiger partial charge in [0, 0.05) is 6.08 Å². The molecule has 1 aliphatic carbocycles. The van der Waals surface area contributed by atoms with Crippen LogP contribution in [0.25, 0.3) is 6.08 Å². The van der Waals surface area contributed by atoms with Crippen LogP contribution in [0.3, 0.4) is 0 Å². The highest BCUT2D eigenvalue weighted by molar-refractivity contribution is 5.91. The van der Waals surface area contributed by atoms with Gasteiger partial charge in [0.2, 0.25) is 5.91 Å². The van der Waals surface area contributed by atoms with Crippen molar-refractivity contribution >= 4 is 17.9 Å². The Hall–Kier alpha value is -2.89. The van der Waals surface area contributed by atoms with Gasteiger partial charge in [-0.05, 0) is 61.4 Å². The van der Waals surface area contributed by atoms with Gasteiger partial charge in [-0.1, -0.05) is 18.2 Å². The molecule has 1 aromatic carbocycles. The second-order valence-electron chi connectivity index (χ2n) is 6.23. The highest BCUT2D eigenvalue weighted by atomic mass is 16.6. The van der Waals surface area contributed by atoms with Crippen molar-refractivity contribution < 1.29 is 14.1 Å². The molecule has 130 valence electrons. The van der Waals surface area contributed by atoms with E-state index in [1.165, 1.54) is 48.3 Å². The molecule has 1 atom stereocenters. The Morgan fingerprint density at radius 3 is 2.72 bits per heavy atom. The summed E-state index contributed by atoms with van der Waals surface area (Å²) in [6, 6.07) is 9.00. The lowest BCUT2D eigenvalue weighted by atomic mass is 9.89. The monoisotopic (exact) mass is 340 g/mol. The number of hydrogen-bond donors (Lipinski definition) is 1. The molecule has 0 aliphatic heterocycles. The molecule has 3 rings (SSSR count). The fraction of sp³-hybridized carbons (Fsp3) is 0.316. The predicted octanol–water partition coefficient (Wildman–Crippen LogP) is 3.96. The van der Waals surface area contributed by atoms with E-state index in [2.05, 4.69) is 23.5 Å². The number of furan rings is 1. The fourth-order valence-corrected chi connectivity index (χ4v) is 3.06. The molecule has 1 aliphatic rings. The van der Waals surface area contributed by atoms with Gasteiger partial charge in [-0.3, -0.25) is 14.9 Å². The first kappa shape index (κ1) is 17.0. The summed E-state index contributed by atoms with van der Waals surface area (Å²) in [5.74, 6) is -0.352. The first-order valence-electron chi connectivity index (χ1n) is 8.37. The summed E-state index contributed by atoms with van der Waals surface area (Å²) in [7, 11) is 0. The summed E-state index contributed by atoms with van der Waals surface area (Å²) >= 11 is 0. The second-order valence-corrected chi connectivity index (χ2v) is 6.23. The second kappa shape index (κ2) is 7.34. The van der Waals surface area contributed by atoms with Gasteiger partial charge in [0.1, 0.15) is 10.7 Å². The normalized spacial score (nSPS) is 14.9. The van der Waals surface area contributed by atoms with Crippen molar-refractivity contribution in [1.29, 1.82) is 0 Å². The van der Waals surface area contributed by atoms with Crippen LogP contribution in [0.4, 0.5) is 5.88 Å². The quantitative estimate of drug-likeness (QED) is 0.507.